The summed E-state index contributed by atoms with van der Waals surface area (Å²) in [5.41, 5.74) is 1.84. The Morgan fingerprint density at radius 2 is 0.857 bits per heavy atom. The van der Waals surface area contributed by atoms with Gasteiger partial charge in [-0.25, -0.2) is 0 Å². The second-order valence-electron chi connectivity index (χ2n) is 13.8. The minimum atomic E-state index is -2.61. The molecule has 42 heavy (non-hydrogen) atoms. The van der Waals surface area contributed by atoms with Gasteiger partial charge < -0.3 is 0 Å². The van der Waals surface area contributed by atoms with Crippen molar-refractivity contribution < 1.29 is 9.53 Å². The third-order valence-corrected chi connectivity index (χ3v) is 51.9. The van der Waals surface area contributed by atoms with Gasteiger partial charge in [0.05, 0.1) is 0 Å². The van der Waals surface area contributed by atoms with Crippen LogP contribution >= 0.6 is 17.9 Å². The van der Waals surface area contributed by atoms with Crippen molar-refractivity contribution in [2.24, 2.45) is 0 Å². The Kier molecular flexibility index (Phi) is 20.6. The molecular formula is C35H69NO2S2Sn2. The molecule has 0 aromatic carbocycles. The average molecular weight is 837 g/mol. The molecular weight excluding hydrogens is 768 g/mol. The van der Waals surface area contributed by atoms with E-state index in [1.807, 2.05) is 25.3 Å². The van der Waals surface area contributed by atoms with Crippen molar-refractivity contribution in [3.8, 4) is 0 Å². The van der Waals surface area contributed by atoms with Crippen LogP contribution in [0.25, 0.3) is 0 Å². The summed E-state index contributed by atoms with van der Waals surface area (Å²) in [6, 6.07) is 0. The van der Waals surface area contributed by atoms with Crippen LogP contribution in [-0.4, -0.2) is 50.2 Å². The average Bonchev–Trinajstić information content (AvgIpc) is 3.16. The molecule has 1 aromatic rings. The summed E-state index contributed by atoms with van der Waals surface area (Å²) < 4.78 is 16.9. The molecule has 0 aliphatic rings. The predicted molar refractivity (Wildman–Crippen MR) is 197 cm³/mol. The van der Waals surface area contributed by atoms with Gasteiger partial charge in [-0.3, -0.25) is 0 Å². The molecule has 3 nitrogen and oxygen atoms in total. The Morgan fingerprint density at radius 1 is 0.595 bits per heavy atom. The van der Waals surface area contributed by atoms with Gasteiger partial charge in [-0.2, -0.15) is 0 Å². The molecule has 0 radical (unpaired) electrons. The number of carbonyl (C=O) groups is 1. The van der Waals surface area contributed by atoms with Crippen LogP contribution in [0.5, 0.6) is 0 Å². The van der Waals surface area contributed by atoms with Gasteiger partial charge >= 0.3 is 279 Å². The fourth-order valence-corrected chi connectivity index (χ4v) is 54.2. The first kappa shape index (κ1) is 41.1. The maximum atomic E-state index is 13.8. The third kappa shape index (κ3) is 13.4. The number of carbonyl (C=O) groups excluding carboxylic acids is 1. The molecule has 7 heteroatoms. The Labute approximate surface area is 276 Å². The number of hydrogen-bond acceptors (Lipinski definition) is 4. The second-order valence-corrected chi connectivity index (χ2v) is 52.2. The van der Waals surface area contributed by atoms with Crippen LogP contribution in [0.3, 0.4) is 0 Å². The molecule has 246 valence electrons. The van der Waals surface area contributed by atoms with E-state index in [0.29, 0.717) is 0 Å². The Bertz CT molecular complexity index is 809. The fraction of sp³-hybridized carbons (Fsp3) is 0.857. The molecule has 0 unspecified atom stereocenters. The molecule has 0 atom stereocenters. The summed E-state index contributed by atoms with van der Waals surface area (Å²) in [5, 5.41) is 0. The molecule has 0 fully saturated rings. The molecule has 0 N–H and O–H groups in total. The predicted octanol–water partition coefficient (Wildman–Crippen LogP) is 13.8. The number of hydrogen-bond donors (Lipinski definition) is 0. The van der Waals surface area contributed by atoms with Gasteiger partial charge in [0.2, 0.25) is 0 Å². The van der Waals surface area contributed by atoms with Crippen molar-refractivity contribution in [2.45, 2.75) is 195 Å². The third-order valence-electron chi connectivity index (χ3n) is 8.66. The molecule has 0 aliphatic heterocycles. The van der Waals surface area contributed by atoms with E-state index in [-0.39, 0.29) is 6.09 Å². The Hall–Kier alpha value is 1.05. The fourth-order valence-electron chi connectivity index (χ4n) is 6.09. The normalized spacial score (nSPS) is 12.7. The van der Waals surface area contributed by atoms with Crippen LogP contribution in [0.2, 0.25) is 26.6 Å². The number of nitrogens with zero attached hydrogens (tertiary/aromatic N) is 1. The van der Waals surface area contributed by atoms with Crippen LogP contribution in [0.1, 0.15) is 151 Å². The van der Waals surface area contributed by atoms with Gasteiger partial charge in [-0.15, -0.1) is 0 Å². The Morgan fingerprint density at radius 3 is 1.07 bits per heavy atom. The molecule has 1 rings (SSSR count). The van der Waals surface area contributed by atoms with E-state index in [9.17, 15) is 4.79 Å². The zero-order valence-electron chi connectivity index (χ0n) is 29.8. The topological polar surface area (TPSA) is 31.2 Å². The van der Waals surface area contributed by atoms with Crippen LogP contribution in [0.15, 0.2) is 9.79 Å². The van der Waals surface area contributed by atoms with Crippen molar-refractivity contribution in [2.75, 3.05) is 0 Å². The number of unbranched alkanes of at least 4 members (excludes halogenated alkanes) is 6. The number of rotatable bonds is 22. The maximum absolute atomic E-state index is 13.8. The first-order valence-corrected chi connectivity index (χ1v) is 38.4. The Balaban J connectivity index is 3.90. The monoisotopic (exact) mass is 839 g/mol. The van der Waals surface area contributed by atoms with E-state index in [1.54, 1.807) is 0 Å². The number of aromatic nitrogens is 1. The summed E-state index contributed by atoms with van der Waals surface area (Å²) >= 11 is -5.21. The van der Waals surface area contributed by atoms with Crippen molar-refractivity contribution in [3.05, 3.63) is 11.4 Å². The molecule has 0 saturated carbocycles. The zero-order chi connectivity index (χ0) is 31.8. The van der Waals surface area contributed by atoms with Gasteiger partial charge in [0.1, 0.15) is 0 Å². The van der Waals surface area contributed by atoms with E-state index >= 15 is 0 Å². The standard InChI is InChI=1S/C11H17NO2S2.6C4H9.2Sn/c1-6-8(15)9(16)7(2)12(6)10(13)14-11(3,4)5;6*1-3-4-2;;/h15-16H,1-5H3;6*1,3-4H2,2H3;;/q;;;;;;;2*+1/p-2. The first-order valence-electron chi connectivity index (χ1n) is 17.7. The summed E-state index contributed by atoms with van der Waals surface area (Å²) in [5.74, 6) is 0. The van der Waals surface area contributed by atoms with E-state index in [2.05, 4.69) is 73.3 Å². The van der Waals surface area contributed by atoms with Gasteiger partial charge in [-0.1, -0.05) is 0 Å². The van der Waals surface area contributed by atoms with E-state index in [0.717, 1.165) is 0 Å². The van der Waals surface area contributed by atoms with E-state index in [1.165, 1.54) is 125 Å². The molecule has 1 aromatic heterocycles. The van der Waals surface area contributed by atoms with Gasteiger partial charge in [0, 0.05) is 0 Å². The van der Waals surface area contributed by atoms with Crippen molar-refractivity contribution >= 4 is 58.0 Å². The summed E-state index contributed by atoms with van der Waals surface area (Å²) in [4.78, 5) is 16.8. The van der Waals surface area contributed by atoms with Gasteiger partial charge in [0.25, 0.3) is 0 Å². The summed E-state index contributed by atoms with van der Waals surface area (Å²) in [6.07, 6.45) is 15.8. The van der Waals surface area contributed by atoms with Gasteiger partial charge in [0.15, 0.2) is 0 Å². The molecule has 1 heterocycles. The SMILES string of the molecule is CCC[CH2][Sn]([CH2]CCC)([CH2]CCC)[S]c1c([S][Sn]([CH2]CCC)([CH2]CCC)[CH2]CCC)c(C)n(C(=O)OC(C)(C)C)c1C. The molecule has 0 aliphatic carbocycles. The van der Waals surface area contributed by atoms with Crippen LogP contribution in [0, 0.1) is 13.8 Å². The quantitative estimate of drug-likeness (QED) is 0.109. The molecule has 0 saturated heterocycles. The van der Waals surface area contributed by atoms with Crippen LogP contribution in [-0.2, 0) is 4.74 Å². The van der Waals surface area contributed by atoms with Crippen LogP contribution < -0.4 is 0 Å². The summed E-state index contributed by atoms with van der Waals surface area (Å²) in [6.45, 7) is 24.7. The van der Waals surface area contributed by atoms with Crippen molar-refractivity contribution in [1.82, 2.24) is 4.57 Å². The zero-order valence-corrected chi connectivity index (χ0v) is 37.1. The molecule has 0 spiro atoms. The molecule has 0 bridgehead atoms. The van der Waals surface area contributed by atoms with Crippen molar-refractivity contribution in [3.63, 3.8) is 0 Å². The second kappa shape index (κ2) is 21.0. The summed E-state index contributed by atoms with van der Waals surface area (Å²) in [7, 11) is 4.77. The minimum absolute atomic E-state index is 0.181. The van der Waals surface area contributed by atoms with Crippen molar-refractivity contribution in [1.29, 1.82) is 0 Å². The first-order chi connectivity index (χ1) is 19.9. The number of ether oxygens (including phenoxy) is 1. The van der Waals surface area contributed by atoms with Gasteiger partial charge in [-0.05, 0) is 0 Å². The van der Waals surface area contributed by atoms with E-state index in [4.69, 9.17) is 4.74 Å². The molecule has 0 amide bonds. The van der Waals surface area contributed by atoms with E-state index < -0.39 is 39.6 Å². The van der Waals surface area contributed by atoms with Crippen LogP contribution in [0.4, 0.5) is 4.79 Å².